The van der Waals surface area contributed by atoms with E-state index in [0.29, 0.717) is 0 Å². The van der Waals surface area contributed by atoms with Crippen LogP contribution in [0.5, 0.6) is 0 Å². The summed E-state index contributed by atoms with van der Waals surface area (Å²) in [7, 11) is 0. The average molecular weight is 237 g/mol. The lowest BCUT2D eigenvalue weighted by Gasteiger charge is -2.49. The molecule has 4 unspecified atom stereocenters. The molecule has 2 fully saturated rings. The van der Waals surface area contributed by atoms with E-state index in [1.165, 1.54) is 45.1 Å². The maximum absolute atomic E-state index is 2.70. The largest absolute Gasteiger partial charge is 0.297 e. The quantitative estimate of drug-likeness (QED) is 0.688. The first-order valence-electron chi connectivity index (χ1n) is 7.83. The highest BCUT2D eigenvalue weighted by Gasteiger charge is 2.35. The SMILES string of the molecule is CC(CC1CCCC1)CC(C)N1CC(C)C1C. The standard InChI is InChI=1S/C16H31N/c1-12(10-16-7-5-6-8-16)9-14(3)17-11-13(2)15(17)4/h12-16H,5-11H2,1-4H3. The molecule has 0 amide bonds. The van der Waals surface area contributed by atoms with Crippen LogP contribution in [0.2, 0.25) is 0 Å². The van der Waals surface area contributed by atoms with Crippen molar-refractivity contribution >= 4 is 0 Å². The molecule has 0 aromatic rings. The van der Waals surface area contributed by atoms with E-state index in [0.717, 1.165) is 29.8 Å². The molecule has 1 aliphatic carbocycles. The van der Waals surface area contributed by atoms with Crippen LogP contribution in [0.25, 0.3) is 0 Å². The van der Waals surface area contributed by atoms with E-state index < -0.39 is 0 Å². The van der Waals surface area contributed by atoms with Crippen LogP contribution in [-0.4, -0.2) is 23.5 Å². The van der Waals surface area contributed by atoms with Crippen molar-refractivity contribution in [3.63, 3.8) is 0 Å². The molecular weight excluding hydrogens is 206 g/mol. The van der Waals surface area contributed by atoms with Crippen LogP contribution in [0, 0.1) is 17.8 Å². The molecule has 0 N–H and O–H groups in total. The van der Waals surface area contributed by atoms with Crippen LogP contribution in [0.1, 0.15) is 66.2 Å². The molecule has 0 aromatic carbocycles. The van der Waals surface area contributed by atoms with Crippen LogP contribution in [-0.2, 0) is 0 Å². The highest BCUT2D eigenvalue weighted by molar-refractivity contribution is 4.89. The Balaban J connectivity index is 1.68. The number of hydrogen-bond acceptors (Lipinski definition) is 1. The normalized spacial score (nSPS) is 34.6. The summed E-state index contributed by atoms with van der Waals surface area (Å²) >= 11 is 0. The third kappa shape index (κ3) is 3.24. The Labute approximate surface area is 108 Å². The van der Waals surface area contributed by atoms with Gasteiger partial charge in [-0.1, -0.05) is 39.5 Å². The van der Waals surface area contributed by atoms with Gasteiger partial charge in [-0.25, -0.2) is 0 Å². The molecule has 0 aromatic heterocycles. The summed E-state index contributed by atoms with van der Waals surface area (Å²) in [5, 5.41) is 0. The van der Waals surface area contributed by atoms with Gasteiger partial charge >= 0.3 is 0 Å². The summed E-state index contributed by atoms with van der Waals surface area (Å²) in [4.78, 5) is 2.70. The van der Waals surface area contributed by atoms with Gasteiger partial charge in [-0.3, -0.25) is 4.90 Å². The van der Waals surface area contributed by atoms with Crippen molar-refractivity contribution in [2.45, 2.75) is 78.3 Å². The molecule has 100 valence electrons. The summed E-state index contributed by atoms with van der Waals surface area (Å²) < 4.78 is 0. The predicted molar refractivity (Wildman–Crippen MR) is 75.2 cm³/mol. The molecule has 4 atom stereocenters. The Morgan fingerprint density at radius 3 is 2.29 bits per heavy atom. The molecule has 2 aliphatic rings. The highest BCUT2D eigenvalue weighted by atomic mass is 15.2. The van der Waals surface area contributed by atoms with Crippen LogP contribution < -0.4 is 0 Å². The second kappa shape index (κ2) is 5.73. The van der Waals surface area contributed by atoms with Gasteiger partial charge in [0.1, 0.15) is 0 Å². The van der Waals surface area contributed by atoms with E-state index in [4.69, 9.17) is 0 Å². The first kappa shape index (κ1) is 13.4. The maximum Gasteiger partial charge on any atom is 0.0108 e. The smallest absolute Gasteiger partial charge is 0.0108 e. The zero-order chi connectivity index (χ0) is 12.4. The van der Waals surface area contributed by atoms with Gasteiger partial charge in [-0.05, 0) is 44.4 Å². The molecule has 1 heteroatoms. The van der Waals surface area contributed by atoms with Gasteiger partial charge in [0.25, 0.3) is 0 Å². The van der Waals surface area contributed by atoms with Crippen molar-refractivity contribution in [1.82, 2.24) is 4.90 Å². The van der Waals surface area contributed by atoms with Gasteiger partial charge in [0, 0.05) is 18.6 Å². The summed E-state index contributed by atoms with van der Waals surface area (Å²) in [5.74, 6) is 2.91. The summed E-state index contributed by atoms with van der Waals surface area (Å²) in [6.45, 7) is 11.0. The molecule has 1 saturated heterocycles. The van der Waals surface area contributed by atoms with Crippen molar-refractivity contribution in [3.8, 4) is 0 Å². The lowest BCUT2D eigenvalue weighted by atomic mass is 9.85. The molecule has 2 rings (SSSR count). The first-order valence-corrected chi connectivity index (χ1v) is 7.83. The fraction of sp³-hybridized carbons (Fsp3) is 1.00. The Hall–Kier alpha value is -0.0400. The van der Waals surface area contributed by atoms with E-state index in [-0.39, 0.29) is 0 Å². The second-order valence-corrected chi connectivity index (χ2v) is 6.99. The van der Waals surface area contributed by atoms with Crippen molar-refractivity contribution in [3.05, 3.63) is 0 Å². The topological polar surface area (TPSA) is 3.24 Å². The van der Waals surface area contributed by atoms with Crippen molar-refractivity contribution in [2.75, 3.05) is 6.54 Å². The monoisotopic (exact) mass is 237 g/mol. The third-order valence-corrected chi connectivity index (χ3v) is 5.37. The van der Waals surface area contributed by atoms with Gasteiger partial charge in [-0.2, -0.15) is 0 Å². The maximum atomic E-state index is 2.70. The molecular formula is C16H31N. The van der Waals surface area contributed by atoms with Gasteiger partial charge in [-0.15, -0.1) is 0 Å². The van der Waals surface area contributed by atoms with Crippen molar-refractivity contribution < 1.29 is 0 Å². The highest BCUT2D eigenvalue weighted by Crippen LogP contribution is 2.33. The number of likely N-dealkylation sites (tertiary alicyclic amines) is 1. The first-order chi connectivity index (χ1) is 8.08. The van der Waals surface area contributed by atoms with Crippen LogP contribution in [0.15, 0.2) is 0 Å². The van der Waals surface area contributed by atoms with Gasteiger partial charge in [0.2, 0.25) is 0 Å². The summed E-state index contributed by atoms with van der Waals surface area (Å²) in [5.41, 5.74) is 0. The van der Waals surface area contributed by atoms with E-state index in [1.54, 1.807) is 0 Å². The van der Waals surface area contributed by atoms with Crippen LogP contribution in [0.3, 0.4) is 0 Å². The molecule has 1 saturated carbocycles. The molecule has 0 spiro atoms. The minimum absolute atomic E-state index is 0.803. The number of hydrogen-bond donors (Lipinski definition) is 0. The Bertz CT molecular complexity index is 232. The second-order valence-electron chi connectivity index (χ2n) is 6.99. The van der Waals surface area contributed by atoms with Crippen molar-refractivity contribution in [1.29, 1.82) is 0 Å². The average Bonchev–Trinajstić information content (AvgIpc) is 2.77. The fourth-order valence-electron chi connectivity index (χ4n) is 4.05. The minimum Gasteiger partial charge on any atom is -0.297 e. The summed E-state index contributed by atoms with van der Waals surface area (Å²) in [6.07, 6.45) is 8.91. The predicted octanol–water partition coefficient (Wildman–Crippen LogP) is 4.32. The number of nitrogens with zero attached hydrogens (tertiary/aromatic N) is 1. The fourth-order valence-corrected chi connectivity index (χ4v) is 4.05. The molecule has 1 nitrogen and oxygen atoms in total. The Morgan fingerprint density at radius 2 is 1.76 bits per heavy atom. The van der Waals surface area contributed by atoms with Crippen LogP contribution in [0.4, 0.5) is 0 Å². The van der Waals surface area contributed by atoms with Gasteiger partial charge in [0.15, 0.2) is 0 Å². The van der Waals surface area contributed by atoms with Gasteiger partial charge < -0.3 is 0 Å². The van der Waals surface area contributed by atoms with E-state index in [9.17, 15) is 0 Å². The zero-order valence-corrected chi connectivity index (χ0v) is 12.3. The lowest BCUT2D eigenvalue weighted by Crippen LogP contribution is -2.57. The molecule has 0 radical (unpaired) electrons. The molecule has 0 bridgehead atoms. The summed E-state index contributed by atoms with van der Waals surface area (Å²) in [6, 6.07) is 1.63. The number of rotatable bonds is 5. The lowest BCUT2D eigenvalue weighted by molar-refractivity contribution is -0.00500. The van der Waals surface area contributed by atoms with Crippen molar-refractivity contribution in [2.24, 2.45) is 17.8 Å². The molecule has 17 heavy (non-hydrogen) atoms. The Morgan fingerprint density at radius 1 is 1.12 bits per heavy atom. The van der Waals surface area contributed by atoms with Crippen LogP contribution >= 0.6 is 0 Å². The third-order valence-electron chi connectivity index (χ3n) is 5.37. The minimum atomic E-state index is 0.803. The molecule has 1 heterocycles. The van der Waals surface area contributed by atoms with E-state index in [1.807, 2.05) is 0 Å². The van der Waals surface area contributed by atoms with E-state index >= 15 is 0 Å². The van der Waals surface area contributed by atoms with E-state index in [2.05, 4.69) is 32.6 Å². The zero-order valence-electron chi connectivity index (χ0n) is 12.3. The van der Waals surface area contributed by atoms with Gasteiger partial charge in [0.05, 0.1) is 0 Å². The molecule has 1 aliphatic heterocycles. The Kier molecular flexibility index (Phi) is 4.52.